The van der Waals surface area contributed by atoms with Crippen molar-refractivity contribution >= 4 is 23.0 Å². The Morgan fingerprint density at radius 2 is 2.04 bits per heavy atom. The number of methoxy groups -OCH3 is 1. The standard InChI is InChI=1S/C19H24N2O5/c1-13(22)25-17-8-10-21(12-18(17)26-19(23)24-2)9-7-14-11-20-16-6-4-3-5-15(14)16/h3-6,11,17-18,20H,7-10,12H2,1-2H3/t17-,18-/m0/s1. The Hall–Kier alpha value is -2.54. The summed E-state index contributed by atoms with van der Waals surface area (Å²) in [6, 6.07) is 8.21. The van der Waals surface area contributed by atoms with Gasteiger partial charge in [0, 0.05) is 50.1 Å². The lowest BCUT2D eigenvalue weighted by Gasteiger charge is -2.36. The van der Waals surface area contributed by atoms with Crippen LogP contribution in [-0.4, -0.2) is 61.0 Å². The van der Waals surface area contributed by atoms with E-state index < -0.39 is 18.4 Å². The monoisotopic (exact) mass is 360 g/mol. The van der Waals surface area contributed by atoms with Crippen LogP contribution in [0, 0.1) is 0 Å². The number of carbonyl (C=O) groups excluding carboxylic acids is 2. The second-order valence-electron chi connectivity index (χ2n) is 6.46. The lowest BCUT2D eigenvalue weighted by molar-refractivity contribution is -0.158. The van der Waals surface area contributed by atoms with Crippen molar-refractivity contribution in [2.45, 2.75) is 32.0 Å². The van der Waals surface area contributed by atoms with Crippen LogP contribution >= 0.6 is 0 Å². The number of hydrogen-bond donors (Lipinski definition) is 1. The van der Waals surface area contributed by atoms with Gasteiger partial charge in [-0.2, -0.15) is 0 Å². The van der Waals surface area contributed by atoms with Gasteiger partial charge in [-0.15, -0.1) is 0 Å². The smallest absolute Gasteiger partial charge is 0.458 e. The molecule has 0 amide bonds. The number of nitrogens with one attached hydrogen (secondary N) is 1. The number of fused-ring (bicyclic) bond motifs is 1. The van der Waals surface area contributed by atoms with Crippen molar-refractivity contribution in [3.8, 4) is 0 Å². The van der Waals surface area contributed by atoms with Gasteiger partial charge in [0.2, 0.25) is 0 Å². The molecule has 0 spiro atoms. The highest BCUT2D eigenvalue weighted by molar-refractivity contribution is 5.83. The molecule has 0 saturated carbocycles. The van der Waals surface area contributed by atoms with Crippen LogP contribution in [0.2, 0.25) is 0 Å². The normalized spacial score (nSPS) is 20.7. The van der Waals surface area contributed by atoms with Crippen molar-refractivity contribution in [3.05, 3.63) is 36.0 Å². The van der Waals surface area contributed by atoms with Crippen LogP contribution in [0.3, 0.4) is 0 Å². The molecule has 0 radical (unpaired) electrons. The topological polar surface area (TPSA) is 80.9 Å². The summed E-state index contributed by atoms with van der Waals surface area (Å²) in [6.45, 7) is 3.48. The van der Waals surface area contributed by atoms with Gasteiger partial charge in [-0.25, -0.2) is 4.79 Å². The van der Waals surface area contributed by atoms with Gasteiger partial charge in [-0.1, -0.05) is 18.2 Å². The van der Waals surface area contributed by atoms with E-state index in [9.17, 15) is 9.59 Å². The maximum absolute atomic E-state index is 11.5. The Morgan fingerprint density at radius 3 is 2.81 bits per heavy atom. The lowest BCUT2D eigenvalue weighted by atomic mass is 10.0. The first kappa shape index (κ1) is 18.3. The van der Waals surface area contributed by atoms with E-state index in [4.69, 9.17) is 9.47 Å². The van der Waals surface area contributed by atoms with E-state index in [1.54, 1.807) is 0 Å². The molecule has 0 unspecified atom stereocenters. The number of likely N-dealkylation sites (tertiary alicyclic amines) is 1. The number of carbonyl (C=O) groups is 2. The van der Waals surface area contributed by atoms with Crippen molar-refractivity contribution in [2.75, 3.05) is 26.7 Å². The van der Waals surface area contributed by atoms with E-state index in [-0.39, 0.29) is 5.97 Å². The molecular formula is C19H24N2O5. The summed E-state index contributed by atoms with van der Waals surface area (Å²) in [4.78, 5) is 28.3. The molecule has 1 fully saturated rings. The summed E-state index contributed by atoms with van der Waals surface area (Å²) in [5, 5.41) is 1.23. The summed E-state index contributed by atoms with van der Waals surface area (Å²) in [5.41, 5.74) is 2.39. The fourth-order valence-electron chi connectivity index (χ4n) is 3.41. The fraction of sp³-hybridized carbons (Fsp3) is 0.474. The fourth-order valence-corrected chi connectivity index (χ4v) is 3.41. The van der Waals surface area contributed by atoms with Gasteiger partial charge < -0.3 is 19.2 Å². The largest absolute Gasteiger partial charge is 0.508 e. The third kappa shape index (κ3) is 4.35. The maximum Gasteiger partial charge on any atom is 0.508 e. The van der Waals surface area contributed by atoms with E-state index in [0.29, 0.717) is 13.0 Å². The quantitative estimate of drug-likeness (QED) is 0.825. The van der Waals surface area contributed by atoms with Gasteiger partial charge >= 0.3 is 12.1 Å². The summed E-state index contributed by atoms with van der Waals surface area (Å²) < 4.78 is 15.2. The first-order chi connectivity index (χ1) is 12.6. The Labute approximate surface area is 152 Å². The van der Waals surface area contributed by atoms with Crippen molar-refractivity contribution in [1.82, 2.24) is 9.88 Å². The highest BCUT2D eigenvalue weighted by Crippen LogP contribution is 2.21. The predicted octanol–water partition coefficient (Wildman–Crippen LogP) is 2.50. The van der Waals surface area contributed by atoms with E-state index >= 15 is 0 Å². The lowest BCUT2D eigenvalue weighted by Crippen LogP contribution is -2.50. The minimum atomic E-state index is -0.759. The molecule has 1 aliphatic rings. The molecule has 7 heteroatoms. The number of hydrogen-bond acceptors (Lipinski definition) is 6. The molecular weight excluding hydrogens is 336 g/mol. The first-order valence-electron chi connectivity index (χ1n) is 8.76. The molecule has 1 saturated heterocycles. The Bertz CT molecular complexity index is 772. The van der Waals surface area contributed by atoms with Crippen molar-refractivity contribution in [2.24, 2.45) is 0 Å². The first-order valence-corrected chi connectivity index (χ1v) is 8.76. The van der Waals surface area contributed by atoms with Gasteiger partial charge in [0.25, 0.3) is 0 Å². The molecule has 1 N–H and O–H groups in total. The van der Waals surface area contributed by atoms with Crippen molar-refractivity contribution in [1.29, 1.82) is 0 Å². The van der Waals surface area contributed by atoms with Gasteiger partial charge in [0.05, 0.1) is 7.11 Å². The second-order valence-corrected chi connectivity index (χ2v) is 6.46. The summed E-state index contributed by atoms with van der Waals surface area (Å²) in [5.74, 6) is -0.374. The minimum absolute atomic E-state index is 0.374. The zero-order valence-electron chi connectivity index (χ0n) is 15.1. The molecule has 2 aromatic rings. The molecule has 140 valence electrons. The third-order valence-electron chi connectivity index (χ3n) is 4.69. The molecule has 1 aliphatic heterocycles. The summed E-state index contributed by atoms with van der Waals surface area (Å²) >= 11 is 0. The number of rotatable bonds is 5. The van der Waals surface area contributed by atoms with E-state index in [1.165, 1.54) is 25.0 Å². The van der Waals surface area contributed by atoms with Crippen LogP contribution in [0.4, 0.5) is 4.79 Å². The van der Waals surface area contributed by atoms with Crippen LogP contribution < -0.4 is 0 Å². The highest BCUT2D eigenvalue weighted by Gasteiger charge is 2.34. The van der Waals surface area contributed by atoms with Crippen LogP contribution in [0.1, 0.15) is 18.9 Å². The van der Waals surface area contributed by atoms with Gasteiger partial charge in [0.1, 0.15) is 6.10 Å². The maximum atomic E-state index is 11.5. The van der Waals surface area contributed by atoms with Gasteiger partial charge in [-0.05, 0) is 18.1 Å². The third-order valence-corrected chi connectivity index (χ3v) is 4.69. The number of nitrogens with zero attached hydrogens (tertiary/aromatic N) is 1. The number of esters is 1. The molecule has 2 atom stereocenters. The SMILES string of the molecule is COC(=O)O[C@H]1CN(CCc2c[nH]c3ccccc23)CC[C@@H]1OC(C)=O. The van der Waals surface area contributed by atoms with E-state index in [2.05, 4.69) is 26.8 Å². The van der Waals surface area contributed by atoms with E-state index in [0.717, 1.165) is 25.0 Å². The molecule has 1 aromatic carbocycles. The molecule has 2 heterocycles. The molecule has 0 aliphatic carbocycles. The molecule has 26 heavy (non-hydrogen) atoms. The highest BCUT2D eigenvalue weighted by atomic mass is 16.7. The Kier molecular flexibility index (Phi) is 5.78. The second kappa shape index (κ2) is 8.23. The number of aromatic amines is 1. The van der Waals surface area contributed by atoms with E-state index in [1.807, 2.05) is 18.3 Å². The Morgan fingerprint density at radius 1 is 1.23 bits per heavy atom. The van der Waals surface area contributed by atoms with Gasteiger partial charge in [0.15, 0.2) is 6.10 Å². The zero-order valence-corrected chi connectivity index (χ0v) is 15.1. The molecule has 7 nitrogen and oxygen atoms in total. The number of piperidine rings is 1. The predicted molar refractivity (Wildman–Crippen MR) is 95.9 cm³/mol. The molecule has 1 aromatic heterocycles. The molecule has 3 rings (SSSR count). The number of para-hydroxylation sites is 1. The summed E-state index contributed by atoms with van der Waals surface area (Å²) in [6.07, 6.45) is 1.82. The number of aromatic nitrogens is 1. The van der Waals surface area contributed by atoms with Crippen molar-refractivity contribution in [3.63, 3.8) is 0 Å². The average molecular weight is 360 g/mol. The average Bonchev–Trinajstić information content (AvgIpc) is 3.04. The van der Waals surface area contributed by atoms with Gasteiger partial charge in [-0.3, -0.25) is 9.69 Å². The number of benzene rings is 1. The Balaban J connectivity index is 1.61. The van der Waals surface area contributed by atoms with Crippen LogP contribution in [0.25, 0.3) is 10.9 Å². The zero-order chi connectivity index (χ0) is 18.5. The summed E-state index contributed by atoms with van der Waals surface area (Å²) in [7, 11) is 1.26. The van der Waals surface area contributed by atoms with Crippen molar-refractivity contribution < 1.29 is 23.8 Å². The van der Waals surface area contributed by atoms with Crippen LogP contribution in [-0.2, 0) is 25.4 Å². The number of ether oxygens (including phenoxy) is 3. The minimum Gasteiger partial charge on any atom is -0.458 e. The molecule has 0 bridgehead atoms. The van der Waals surface area contributed by atoms with Crippen LogP contribution in [0.5, 0.6) is 0 Å². The number of H-pyrrole nitrogens is 1. The van der Waals surface area contributed by atoms with Crippen LogP contribution in [0.15, 0.2) is 30.5 Å².